The molecule has 0 aliphatic heterocycles. The molecule has 0 saturated carbocycles. The van der Waals surface area contributed by atoms with Crippen LogP contribution in [0.15, 0.2) is 48.8 Å². The summed E-state index contributed by atoms with van der Waals surface area (Å²) in [5.41, 5.74) is 3.04. The lowest BCUT2D eigenvalue weighted by Crippen LogP contribution is -2.23. The minimum absolute atomic E-state index is 0.249. The van der Waals surface area contributed by atoms with Crippen molar-refractivity contribution in [2.45, 2.75) is 13.5 Å². The van der Waals surface area contributed by atoms with Gasteiger partial charge in [0.05, 0.1) is 19.0 Å². The van der Waals surface area contributed by atoms with E-state index in [-0.39, 0.29) is 11.6 Å². The molecule has 2 aromatic heterocycles. The lowest BCUT2D eigenvalue weighted by atomic mass is 10.2. The van der Waals surface area contributed by atoms with Gasteiger partial charge in [-0.05, 0) is 25.1 Å². The maximum atomic E-state index is 12.2. The van der Waals surface area contributed by atoms with E-state index >= 15 is 0 Å². The van der Waals surface area contributed by atoms with Gasteiger partial charge in [0.2, 0.25) is 5.88 Å². The first-order valence-electron chi connectivity index (χ1n) is 7.43. The Bertz CT molecular complexity index is 842. The van der Waals surface area contributed by atoms with E-state index in [1.54, 1.807) is 30.3 Å². The van der Waals surface area contributed by atoms with Crippen LogP contribution in [0.25, 0.3) is 5.69 Å². The lowest BCUT2D eigenvalue weighted by Gasteiger charge is -2.07. The highest BCUT2D eigenvalue weighted by Gasteiger charge is 2.12. The number of amides is 1. The van der Waals surface area contributed by atoms with E-state index in [0.29, 0.717) is 12.4 Å². The summed E-state index contributed by atoms with van der Waals surface area (Å²) in [6.45, 7) is 2.31. The molecule has 0 unspecified atom stereocenters. The summed E-state index contributed by atoms with van der Waals surface area (Å²) in [4.78, 5) is 16.3. The Labute approximate surface area is 139 Å². The lowest BCUT2D eigenvalue weighted by molar-refractivity contribution is 0.0945. The van der Waals surface area contributed by atoms with Crippen molar-refractivity contribution in [1.82, 2.24) is 25.3 Å². The quantitative estimate of drug-likeness (QED) is 0.775. The summed E-state index contributed by atoms with van der Waals surface area (Å²) >= 11 is 0. The van der Waals surface area contributed by atoms with Gasteiger partial charge in [0.25, 0.3) is 5.91 Å². The Hall–Kier alpha value is -3.22. The van der Waals surface area contributed by atoms with Crippen LogP contribution < -0.4 is 10.1 Å². The minimum Gasteiger partial charge on any atom is -0.481 e. The van der Waals surface area contributed by atoms with E-state index in [1.165, 1.54) is 0 Å². The molecule has 2 heterocycles. The number of pyridine rings is 1. The van der Waals surface area contributed by atoms with Crippen molar-refractivity contribution in [3.8, 4) is 11.6 Å². The van der Waals surface area contributed by atoms with Gasteiger partial charge in [-0.25, -0.2) is 9.67 Å². The van der Waals surface area contributed by atoms with Gasteiger partial charge in [-0.3, -0.25) is 4.79 Å². The largest absolute Gasteiger partial charge is 0.481 e. The molecule has 3 aromatic rings. The molecule has 0 fully saturated rings. The van der Waals surface area contributed by atoms with Crippen LogP contribution in [0.3, 0.4) is 0 Å². The average Bonchev–Trinajstić information content (AvgIpc) is 3.10. The fourth-order valence-electron chi connectivity index (χ4n) is 2.20. The van der Waals surface area contributed by atoms with E-state index < -0.39 is 0 Å². The number of carbonyl (C=O) groups excluding carboxylic acids is 1. The third kappa shape index (κ3) is 3.40. The van der Waals surface area contributed by atoms with Crippen LogP contribution in [-0.4, -0.2) is 33.0 Å². The fourth-order valence-corrected chi connectivity index (χ4v) is 2.20. The van der Waals surface area contributed by atoms with Crippen molar-refractivity contribution in [3.05, 3.63) is 65.6 Å². The molecule has 0 atom stereocenters. The monoisotopic (exact) mass is 323 g/mol. The van der Waals surface area contributed by atoms with E-state index in [2.05, 4.69) is 20.6 Å². The van der Waals surface area contributed by atoms with E-state index in [4.69, 9.17) is 4.74 Å². The molecule has 0 bridgehead atoms. The maximum Gasteiger partial charge on any atom is 0.273 e. The first-order valence-corrected chi connectivity index (χ1v) is 7.43. The van der Waals surface area contributed by atoms with Crippen LogP contribution in [-0.2, 0) is 6.54 Å². The number of carbonyl (C=O) groups is 1. The smallest absolute Gasteiger partial charge is 0.273 e. The van der Waals surface area contributed by atoms with E-state index in [9.17, 15) is 4.79 Å². The highest BCUT2D eigenvalue weighted by Crippen LogP contribution is 2.13. The van der Waals surface area contributed by atoms with Crippen molar-refractivity contribution in [2.75, 3.05) is 7.11 Å². The molecule has 3 rings (SSSR count). The molecule has 1 N–H and O–H groups in total. The fraction of sp³-hybridized carbons (Fsp3) is 0.176. The van der Waals surface area contributed by atoms with Crippen LogP contribution >= 0.6 is 0 Å². The molecule has 7 nitrogen and oxygen atoms in total. The standard InChI is InChI=1S/C17H17N5O2/c1-12-5-7-14(8-6-12)22-11-15(20-21-22)16(23)19-10-13-4-3-9-18-17(13)24-2/h3-9,11H,10H2,1-2H3,(H,19,23). The van der Waals surface area contributed by atoms with Crippen LogP contribution in [0.5, 0.6) is 5.88 Å². The Kier molecular flexibility index (Phi) is 4.51. The molecular weight excluding hydrogens is 306 g/mol. The van der Waals surface area contributed by atoms with Crippen molar-refractivity contribution in [2.24, 2.45) is 0 Å². The van der Waals surface area contributed by atoms with Crippen LogP contribution in [0.1, 0.15) is 21.6 Å². The number of rotatable bonds is 5. The molecule has 0 aliphatic carbocycles. The highest BCUT2D eigenvalue weighted by atomic mass is 16.5. The second-order valence-electron chi connectivity index (χ2n) is 5.24. The molecule has 122 valence electrons. The number of hydrogen-bond donors (Lipinski definition) is 1. The molecule has 0 spiro atoms. The summed E-state index contributed by atoms with van der Waals surface area (Å²) in [5.74, 6) is 0.181. The van der Waals surface area contributed by atoms with Crippen LogP contribution in [0.2, 0.25) is 0 Å². The zero-order valence-electron chi connectivity index (χ0n) is 13.4. The van der Waals surface area contributed by atoms with Gasteiger partial charge in [-0.15, -0.1) is 5.10 Å². The topological polar surface area (TPSA) is 81.9 Å². The normalized spacial score (nSPS) is 10.4. The zero-order valence-corrected chi connectivity index (χ0v) is 13.4. The second kappa shape index (κ2) is 6.91. The highest BCUT2D eigenvalue weighted by molar-refractivity contribution is 5.91. The molecule has 0 radical (unpaired) electrons. The Morgan fingerprint density at radius 1 is 1.25 bits per heavy atom. The van der Waals surface area contributed by atoms with Gasteiger partial charge >= 0.3 is 0 Å². The number of ether oxygens (including phenoxy) is 1. The van der Waals surface area contributed by atoms with Gasteiger partial charge < -0.3 is 10.1 Å². The zero-order chi connectivity index (χ0) is 16.9. The number of aryl methyl sites for hydroxylation is 1. The van der Waals surface area contributed by atoms with E-state index in [1.807, 2.05) is 37.3 Å². The number of benzene rings is 1. The summed E-state index contributed by atoms with van der Waals surface area (Å²) in [6.07, 6.45) is 3.23. The van der Waals surface area contributed by atoms with Crippen molar-refractivity contribution in [1.29, 1.82) is 0 Å². The molecule has 7 heteroatoms. The van der Waals surface area contributed by atoms with Crippen LogP contribution in [0.4, 0.5) is 0 Å². The number of methoxy groups -OCH3 is 1. The molecule has 24 heavy (non-hydrogen) atoms. The Morgan fingerprint density at radius 3 is 2.79 bits per heavy atom. The van der Waals surface area contributed by atoms with Gasteiger partial charge in [0.1, 0.15) is 0 Å². The number of nitrogens with zero attached hydrogens (tertiary/aromatic N) is 4. The first-order chi connectivity index (χ1) is 11.7. The maximum absolute atomic E-state index is 12.2. The number of aromatic nitrogens is 4. The van der Waals surface area contributed by atoms with Gasteiger partial charge in [-0.1, -0.05) is 29.0 Å². The molecule has 1 aromatic carbocycles. The second-order valence-corrected chi connectivity index (χ2v) is 5.24. The summed E-state index contributed by atoms with van der Waals surface area (Å²) in [7, 11) is 1.54. The summed E-state index contributed by atoms with van der Waals surface area (Å²) < 4.78 is 6.73. The summed E-state index contributed by atoms with van der Waals surface area (Å²) in [5, 5.41) is 10.7. The SMILES string of the molecule is COc1ncccc1CNC(=O)c1cn(-c2ccc(C)cc2)nn1. The molecule has 0 aliphatic rings. The first kappa shape index (κ1) is 15.7. The van der Waals surface area contributed by atoms with Crippen molar-refractivity contribution in [3.63, 3.8) is 0 Å². The van der Waals surface area contributed by atoms with Gasteiger partial charge in [0.15, 0.2) is 5.69 Å². The van der Waals surface area contributed by atoms with Gasteiger partial charge in [0, 0.05) is 18.3 Å². The minimum atomic E-state index is -0.306. The molecule has 1 amide bonds. The number of hydrogen-bond acceptors (Lipinski definition) is 5. The Balaban J connectivity index is 1.69. The summed E-state index contributed by atoms with van der Waals surface area (Å²) in [6, 6.07) is 11.4. The van der Waals surface area contributed by atoms with Crippen molar-refractivity contribution < 1.29 is 9.53 Å². The third-order valence-electron chi connectivity index (χ3n) is 3.51. The third-order valence-corrected chi connectivity index (χ3v) is 3.51. The van der Waals surface area contributed by atoms with E-state index in [0.717, 1.165) is 16.8 Å². The van der Waals surface area contributed by atoms with Gasteiger partial charge in [-0.2, -0.15) is 0 Å². The van der Waals surface area contributed by atoms with Crippen molar-refractivity contribution >= 4 is 5.91 Å². The molecular formula is C17H17N5O2. The Morgan fingerprint density at radius 2 is 2.04 bits per heavy atom. The molecule has 0 saturated heterocycles. The predicted octanol–water partition coefficient (Wildman–Crippen LogP) is 1.91. The predicted molar refractivity (Wildman–Crippen MR) is 88.1 cm³/mol. The number of nitrogens with one attached hydrogen (secondary N) is 1. The van der Waals surface area contributed by atoms with Crippen LogP contribution in [0, 0.1) is 6.92 Å². The average molecular weight is 323 g/mol.